The fourth-order valence-electron chi connectivity index (χ4n) is 7.74. The summed E-state index contributed by atoms with van der Waals surface area (Å²) in [5, 5.41) is 46.3. The van der Waals surface area contributed by atoms with E-state index in [1.165, 1.54) is 36.8 Å². The topological polar surface area (TPSA) is 382 Å². The van der Waals surface area contributed by atoms with E-state index in [1.807, 2.05) is 22.2 Å². The summed E-state index contributed by atoms with van der Waals surface area (Å²) in [6, 6.07) is 14.2. The molecule has 33 heteroatoms. The van der Waals surface area contributed by atoms with Crippen LogP contribution in [0.1, 0.15) is 75.1 Å². The first kappa shape index (κ1) is 64.5. The maximum atomic E-state index is 12.2. The zero-order valence-electron chi connectivity index (χ0n) is 43.5. The van der Waals surface area contributed by atoms with Crippen LogP contribution in [0, 0.1) is 30.3 Å². The smallest absolute Gasteiger partial charge is 0.335 e. The molecule has 4 aliphatic rings. The van der Waals surface area contributed by atoms with E-state index in [2.05, 4.69) is 40.1 Å². The van der Waals surface area contributed by atoms with Crippen LogP contribution < -0.4 is 9.88 Å². The lowest BCUT2D eigenvalue weighted by Crippen LogP contribution is -2.36. The third kappa shape index (κ3) is 18.9. The monoisotopic (exact) mass is 1240 g/mol. The molecule has 5 aromatic rings. The van der Waals surface area contributed by atoms with Crippen molar-refractivity contribution in [1.29, 1.82) is 0 Å². The molecule has 0 amide bonds. The summed E-state index contributed by atoms with van der Waals surface area (Å²) < 4.78 is 73.4. The van der Waals surface area contributed by atoms with Crippen molar-refractivity contribution < 1.29 is 49.9 Å². The summed E-state index contributed by atoms with van der Waals surface area (Å²) in [5.41, 5.74) is 2.19. The summed E-state index contributed by atoms with van der Waals surface area (Å²) in [6.07, 6.45) is 10.9. The van der Waals surface area contributed by atoms with Gasteiger partial charge >= 0.3 is 17.1 Å². The molecule has 0 atom stereocenters. The van der Waals surface area contributed by atoms with Crippen molar-refractivity contribution in [2.24, 2.45) is 25.1 Å². The third-order valence-corrected chi connectivity index (χ3v) is 16.5. The zero-order valence-corrected chi connectivity index (χ0v) is 48.3. The van der Waals surface area contributed by atoms with Gasteiger partial charge in [0.25, 0.3) is 5.88 Å². The predicted octanol–water partition coefficient (Wildman–Crippen LogP) is 8.70. The lowest BCUT2D eigenvalue weighted by atomic mass is 10.1. The number of sulfonamides is 1. The SMILES string of the molecule is CCCS(=O)(=O)Cc1ccnc(Cl)c1[N+](=O)[O-].CCCS(=O)(=O)Cc1ccnc(Oc2ccc3c(c2)C2=NCCCN2C=N3)c1[N+](=O)[O-].CCCS(N)(=O)=O.O=[N+]([O-])c1c(Cl)ccnc1Cl.Oc1ccc2c(c1)C1=NCCCN1C=N2. The normalized spacial score (nSPS) is 13.9. The largest absolute Gasteiger partial charge is 0.508 e. The summed E-state index contributed by atoms with van der Waals surface area (Å²) in [4.78, 5) is 63.5. The number of phenolic OH excluding ortho intramolecular Hbond substituents is 1. The predicted molar refractivity (Wildman–Crippen MR) is 308 cm³/mol. The first-order valence-electron chi connectivity index (χ1n) is 24.4. The second-order valence-electron chi connectivity index (χ2n) is 17.5. The Labute approximate surface area is 480 Å². The van der Waals surface area contributed by atoms with Crippen LogP contribution in [-0.4, -0.2) is 138 Å². The number of rotatable bonds is 15. The van der Waals surface area contributed by atoms with Crippen molar-refractivity contribution in [1.82, 2.24) is 24.8 Å². The van der Waals surface area contributed by atoms with Gasteiger partial charge in [0.1, 0.15) is 28.2 Å². The maximum Gasteiger partial charge on any atom is 0.335 e. The molecule has 0 unspecified atom stereocenters. The van der Waals surface area contributed by atoms with Gasteiger partial charge in [0.2, 0.25) is 20.3 Å². The molecule has 4 aliphatic heterocycles. The second-order valence-corrected chi connectivity index (χ2v) is 24.7. The van der Waals surface area contributed by atoms with Crippen LogP contribution in [0.2, 0.25) is 15.3 Å². The van der Waals surface area contributed by atoms with E-state index in [-0.39, 0.29) is 66.8 Å². The Morgan fingerprint density at radius 2 is 1.07 bits per heavy atom. The molecule has 0 radical (unpaired) electrons. The number of aromatic hydroxyl groups is 1. The number of primary sulfonamides is 1. The number of pyridine rings is 3. The average Bonchev–Trinajstić information content (AvgIpc) is 3.49. The van der Waals surface area contributed by atoms with Crippen LogP contribution >= 0.6 is 34.8 Å². The van der Waals surface area contributed by atoms with Gasteiger partial charge in [-0.2, -0.15) is 0 Å². The molecule has 3 N–H and O–H groups in total. The first-order chi connectivity index (χ1) is 38.3. The Morgan fingerprint density at radius 1 is 0.617 bits per heavy atom. The van der Waals surface area contributed by atoms with Gasteiger partial charge in [-0.25, -0.2) is 55.3 Å². The van der Waals surface area contributed by atoms with Gasteiger partial charge in [0.05, 0.1) is 73.1 Å². The first-order valence-corrected chi connectivity index (χ1v) is 30.9. The van der Waals surface area contributed by atoms with Gasteiger partial charge in [0.15, 0.2) is 19.7 Å². The van der Waals surface area contributed by atoms with Crippen molar-refractivity contribution >= 4 is 117 Å². The number of phenols is 1. The number of aromatic nitrogens is 3. The zero-order chi connectivity index (χ0) is 59.7. The van der Waals surface area contributed by atoms with Crippen molar-refractivity contribution in [3.05, 3.63) is 141 Å². The van der Waals surface area contributed by atoms with E-state index in [0.717, 1.165) is 66.6 Å². The Hall–Kier alpha value is -7.35. The molecule has 81 heavy (non-hydrogen) atoms. The molecule has 2 aromatic carbocycles. The van der Waals surface area contributed by atoms with E-state index >= 15 is 0 Å². The van der Waals surface area contributed by atoms with E-state index in [1.54, 1.807) is 57.4 Å². The quantitative estimate of drug-likeness (QED) is 0.0562. The summed E-state index contributed by atoms with van der Waals surface area (Å²) in [7, 11) is -10.0. The van der Waals surface area contributed by atoms with Crippen molar-refractivity contribution in [3.8, 4) is 17.4 Å². The lowest BCUT2D eigenvalue weighted by Gasteiger charge is -2.29. The molecule has 0 saturated heterocycles. The molecule has 0 bridgehead atoms. The summed E-state index contributed by atoms with van der Waals surface area (Å²) in [6.45, 7) is 8.58. The number of sulfone groups is 2. The van der Waals surface area contributed by atoms with Gasteiger partial charge in [-0.3, -0.25) is 40.3 Å². The van der Waals surface area contributed by atoms with Crippen LogP contribution in [0.5, 0.6) is 17.4 Å². The lowest BCUT2D eigenvalue weighted by molar-refractivity contribution is -0.386. The van der Waals surface area contributed by atoms with E-state index in [9.17, 15) is 60.7 Å². The number of amidine groups is 2. The molecule has 0 saturated carbocycles. The number of nitro groups is 3. The Balaban J connectivity index is 0.000000204. The standard InChI is InChI=1S/C20H21N5O5S.C11H11N3O.C9H11ClN2O4S.C5H2Cl2N2O2.C3H9NO2S/c1-2-10-31(28,29)12-14-6-8-22-20(18(14)25(26)27)30-15-4-5-17-16(11-15)19-21-7-3-9-24(19)13-23-17;15-8-2-3-10-9(6-8)11-12-4-1-5-14(11)7-13-10;1-2-5-17(15,16)6-7-3-4-11-9(10)8(7)12(13)14;6-3-1-2-8-5(7)4(3)9(10)11;1-2-3-7(4,5)6/h4-6,8,11,13H,2-3,7,9-10,12H2,1H3;2-3,6-7,15H,1,4-5H2;3-4H,2,5-6H2,1H3;1-2H;2-3H2,1H3,(H2,4,5,6). The molecule has 0 fully saturated rings. The van der Waals surface area contributed by atoms with Gasteiger partial charge in [-0.1, -0.05) is 55.6 Å². The Morgan fingerprint density at radius 3 is 1.53 bits per heavy atom. The van der Waals surface area contributed by atoms with Crippen LogP contribution in [0.4, 0.5) is 28.4 Å². The highest BCUT2D eigenvalue weighted by Crippen LogP contribution is 2.37. The fraction of sp³-hybridized carbons (Fsp3) is 0.354. The molecular formula is C48H54Cl3N13O14S3. The number of fused-ring (bicyclic) bond motifs is 6. The van der Waals surface area contributed by atoms with E-state index in [4.69, 9.17) is 39.5 Å². The molecule has 0 spiro atoms. The maximum absolute atomic E-state index is 12.2. The second kappa shape index (κ2) is 29.4. The van der Waals surface area contributed by atoms with E-state index < -0.39 is 61.6 Å². The minimum atomic E-state index is -3.48. The average molecular weight is 1240 g/mol. The number of benzene rings is 2. The number of nitrogens with two attached hydrogens (primary N) is 1. The number of hydrogen-bond acceptors (Lipinski definition) is 23. The molecule has 7 heterocycles. The summed E-state index contributed by atoms with van der Waals surface area (Å²) >= 11 is 16.4. The summed E-state index contributed by atoms with van der Waals surface area (Å²) in [5.74, 6) is 1.25. The van der Waals surface area contributed by atoms with Gasteiger partial charge in [-0.15, -0.1) is 0 Å². The van der Waals surface area contributed by atoms with Crippen molar-refractivity contribution in [2.45, 2.75) is 64.4 Å². The van der Waals surface area contributed by atoms with Crippen LogP contribution in [-0.2, 0) is 41.2 Å². The van der Waals surface area contributed by atoms with Gasteiger partial charge in [0, 0.05) is 61.5 Å². The molecule has 0 aliphatic carbocycles. The minimum Gasteiger partial charge on any atom is -0.508 e. The van der Waals surface area contributed by atoms with Gasteiger partial charge < -0.3 is 19.6 Å². The number of halogens is 3. The third-order valence-electron chi connectivity index (χ3n) is 11.1. The van der Waals surface area contributed by atoms with E-state index in [0.29, 0.717) is 31.6 Å². The van der Waals surface area contributed by atoms with Crippen LogP contribution in [0.15, 0.2) is 93.2 Å². The van der Waals surface area contributed by atoms with Crippen LogP contribution in [0.3, 0.4) is 0 Å². The molecule has 3 aromatic heterocycles. The molecular weight excluding hydrogens is 1190 g/mol. The minimum absolute atomic E-state index is 0.00463. The highest BCUT2D eigenvalue weighted by atomic mass is 35.5. The highest BCUT2D eigenvalue weighted by Gasteiger charge is 2.29. The molecule has 27 nitrogen and oxygen atoms in total. The Kier molecular flexibility index (Phi) is 23.4. The van der Waals surface area contributed by atoms with Crippen molar-refractivity contribution in [2.75, 3.05) is 43.4 Å². The number of ether oxygens (including phenoxy) is 1. The Bertz CT molecular complexity index is 3590. The number of hydrogen-bond donors (Lipinski definition) is 2. The number of aliphatic imine (C=N–C) groups is 4. The van der Waals surface area contributed by atoms with Gasteiger partial charge in [-0.05, 0) is 86.7 Å². The number of nitrogens with zero attached hydrogens (tertiary/aromatic N) is 12. The van der Waals surface area contributed by atoms with Crippen molar-refractivity contribution in [3.63, 3.8) is 0 Å². The molecule has 9 rings (SSSR count). The van der Waals surface area contributed by atoms with Crippen LogP contribution in [0.25, 0.3) is 0 Å². The highest BCUT2D eigenvalue weighted by molar-refractivity contribution is 7.90. The fourth-order valence-corrected chi connectivity index (χ4v) is 12.0. The molecule has 434 valence electrons.